The van der Waals surface area contributed by atoms with Crippen LogP contribution in [0, 0.1) is 11.8 Å². The van der Waals surface area contributed by atoms with Crippen LogP contribution in [0.2, 0.25) is 0 Å². The smallest absolute Gasteiger partial charge is 0.333 e. The molecule has 0 aromatic heterocycles. The predicted octanol–water partition coefficient (Wildman–Crippen LogP) is 3.77. The van der Waals surface area contributed by atoms with E-state index in [0.717, 1.165) is 32.2 Å². The van der Waals surface area contributed by atoms with Crippen LogP contribution in [0.15, 0.2) is 11.6 Å². The van der Waals surface area contributed by atoms with Crippen molar-refractivity contribution in [1.29, 1.82) is 0 Å². The summed E-state index contributed by atoms with van der Waals surface area (Å²) in [5, 5.41) is 3.08. The molecule has 1 aliphatic rings. The fourth-order valence-corrected chi connectivity index (χ4v) is 4.45. The second-order valence-corrected chi connectivity index (χ2v) is 9.99. The monoisotopic (exact) mass is 465 g/mol. The fraction of sp³-hybridized carbons (Fsp3) is 0.808. The van der Waals surface area contributed by atoms with Crippen molar-refractivity contribution in [3.8, 4) is 0 Å². The minimum absolute atomic E-state index is 0.0604. The molecule has 1 N–H and O–H groups in total. The zero-order valence-electron chi connectivity index (χ0n) is 22.3. The molecule has 2 amide bonds. The highest BCUT2D eigenvalue weighted by atomic mass is 16.5. The molecule has 0 aromatic rings. The first-order chi connectivity index (χ1) is 15.5. The average Bonchev–Trinajstić information content (AvgIpc) is 2.78. The van der Waals surface area contributed by atoms with Crippen LogP contribution >= 0.6 is 0 Å². The fourth-order valence-electron chi connectivity index (χ4n) is 4.45. The second-order valence-electron chi connectivity index (χ2n) is 9.99. The van der Waals surface area contributed by atoms with Crippen LogP contribution in [-0.2, 0) is 19.1 Å². The molecule has 4 atom stereocenters. The second kappa shape index (κ2) is 13.7. The highest BCUT2D eigenvalue weighted by Gasteiger charge is 2.36. The summed E-state index contributed by atoms with van der Waals surface area (Å²) in [5.41, 5.74) is 0.478. The number of carbonyl (C=O) groups excluding carboxylic acids is 3. The van der Waals surface area contributed by atoms with Gasteiger partial charge in [0.05, 0.1) is 18.7 Å². The molecule has 0 aromatic carbocycles. The Morgan fingerprint density at radius 1 is 1.09 bits per heavy atom. The lowest BCUT2D eigenvalue weighted by molar-refractivity contribution is -0.140. The van der Waals surface area contributed by atoms with Crippen molar-refractivity contribution in [2.75, 3.05) is 20.2 Å². The normalized spacial score (nSPS) is 20.3. The summed E-state index contributed by atoms with van der Waals surface area (Å²) in [6, 6.07) is -0.773. The minimum atomic E-state index is -0.624. The summed E-state index contributed by atoms with van der Waals surface area (Å²) in [7, 11) is 1.75. The van der Waals surface area contributed by atoms with Gasteiger partial charge >= 0.3 is 5.97 Å². The number of rotatable bonds is 11. The molecule has 0 saturated carbocycles. The van der Waals surface area contributed by atoms with Crippen LogP contribution in [0.1, 0.15) is 81.1 Å². The van der Waals surface area contributed by atoms with E-state index in [1.54, 1.807) is 31.9 Å². The van der Waals surface area contributed by atoms with Crippen LogP contribution < -0.4 is 5.32 Å². The number of nitrogens with one attached hydrogen (secondary N) is 1. The number of likely N-dealkylation sites (N-methyl/N-ethyl adjacent to an activating group) is 1. The lowest BCUT2D eigenvalue weighted by atomic mass is 9.95. The molecular weight excluding hydrogens is 418 g/mol. The Morgan fingerprint density at radius 3 is 2.24 bits per heavy atom. The quantitative estimate of drug-likeness (QED) is 0.371. The van der Waals surface area contributed by atoms with E-state index in [1.165, 1.54) is 0 Å². The van der Waals surface area contributed by atoms with Crippen LogP contribution in [0.5, 0.6) is 0 Å². The van der Waals surface area contributed by atoms with E-state index in [2.05, 4.69) is 24.1 Å². The molecule has 1 unspecified atom stereocenters. The molecule has 0 bridgehead atoms. The molecule has 1 fully saturated rings. The van der Waals surface area contributed by atoms with Crippen molar-refractivity contribution >= 4 is 17.8 Å². The number of esters is 1. The number of amides is 2. The van der Waals surface area contributed by atoms with Gasteiger partial charge in [-0.05, 0) is 58.4 Å². The summed E-state index contributed by atoms with van der Waals surface area (Å²) >= 11 is 0. The molecule has 1 rings (SSSR count). The lowest BCUT2D eigenvalue weighted by Crippen LogP contribution is -2.59. The first-order valence-corrected chi connectivity index (χ1v) is 12.6. The molecule has 1 saturated heterocycles. The Kier molecular flexibility index (Phi) is 12.1. The third-order valence-electron chi connectivity index (χ3n) is 6.73. The zero-order valence-corrected chi connectivity index (χ0v) is 22.3. The number of likely N-dealkylation sites (tertiary alicyclic amines) is 1. The van der Waals surface area contributed by atoms with Gasteiger partial charge in [-0.3, -0.25) is 14.5 Å². The average molecular weight is 466 g/mol. The topological polar surface area (TPSA) is 79.0 Å². The molecular formula is C26H47N3O4. The van der Waals surface area contributed by atoms with Gasteiger partial charge in [-0.1, -0.05) is 47.1 Å². The molecule has 1 aliphatic heterocycles. The zero-order chi connectivity index (χ0) is 25.3. The third kappa shape index (κ3) is 8.13. The lowest BCUT2D eigenvalue weighted by Gasteiger charge is -2.40. The van der Waals surface area contributed by atoms with E-state index < -0.39 is 6.04 Å². The van der Waals surface area contributed by atoms with E-state index in [-0.39, 0.29) is 41.7 Å². The largest absolute Gasteiger partial charge is 0.463 e. The van der Waals surface area contributed by atoms with Crippen molar-refractivity contribution < 1.29 is 19.1 Å². The molecule has 7 nitrogen and oxygen atoms in total. The molecule has 0 spiro atoms. The maximum atomic E-state index is 13.5. The van der Waals surface area contributed by atoms with Gasteiger partial charge in [-0.25, -0.2) is 4.79 Å². The van der Waals surface area contributed by atoms with E-state index in [9.17, 15) is 14.4 Å². The van der Waals surface area contributed by atoms with Crippen LogP contribution in [-0.4, -0.2) is 72.0 Å². The SMILES string of the molecule is CCOC(=O)C(C)=C[C@H](C(C)C)N(C)C(=O)[C@@H](NC(=O)[C@H]1CCCCN1C(C)CC)C(C)C. The van der Waals surface area contributed by atoms with Gasteiger partial charge in [0.1, 0.15) is 6.04 Å². The maximum absolute atomic E-state index is 13.5. The maximum Gasteiger partial charge on any atom is 0.333 e. The van der Waals surface area contributed by atoms with Gasteiger partial charge in [-0.2, -0.15) is 0 Å². The summed E-state index contributed by atoms with van der Waals surface area (Å²) in [4.78, 5) is 42.9. The first-order valence-electron chi connectivity index (χ1n) is 12.6. The Bertz CT molecular complexity index is 689. The van der Waals surface area contributed by atoms with Crippen molar-refractivity contribution in [2.45, 2.75) is 105 Å². The number of carbonyl (C=O) groups is 3. The van der Waals surface area contributed by atoms with Crippen LogP contribution in [0.3, 0.4) is 0 Å². The Morgan fingerprint density at radius 2 is 1.73 bits per heavy atom. The van der Waals surface area contributed by atoms with Crippen molar-refractivity contribution in [1.82, 2.24) is 15.1 Å². The standard InChI is InChI=1S/C26H47N3O4/c1-10-20(8)29-15-13-12-14-21(29)24(30)27-23(18(5)6)25(31)28(9)22(17(3)4)16-19(7)26(32)33-11-2/h16-18,20-23H,10-15H2,1-9H3,(H,27,30)/t20?,21-,22-,23+/m1/s1. The van der Waals surface area contributed by atoms with Crippen molar-refractivity contribution in [3.63, 3.8) is 0 Å². The number of hydrogen-bond acceptors (Lipinski definition) is 5. The summed E-state index contributed by atoms with van der Waals surface area (Å²) in [5.74, 6) is -0.552. The highest BCUT2D eigenvalue weighted by molar-refractivity contribution is 5.91. The Balaban J connectivity index is 3.07. The number of hydrogen-bond donors (Lipinski definition) is 1. The van der Waals surface area contributed by atoms with Crippen molar-refractivity contribution in [3.05, 3.63) is 11.6 Å². The highest BCUT2D eigenvalue weighted by Crippen LogP contribution is 2.22. The van der Waals surface area contributed by atoms with E-state index >= 15 is 0 Å². The summed E-state index contributed by atoms with van der Waals surface area (Å²) in [6.45, 7) is 16.9. The van der Waals surface area contributed by atoms with Gasteiger partial charge in [0, 0.05) is 18.7 Å². The van der Waals surface area contributed by atoms with Gasteiger partial charge < -0.3 is 15.0 Å². The van der Waals surface area contributed by atoms with Crippen LogP contribution in [0.25, 0.3) is 0 Å². The minimum Gasteiger partial charge on any atom is -0.463 e. The Hall–Kier alpha value is -1.89. The number of ether oxygens (including phenoxy) is 1. The predicted molar refractivity (Wildman–Crippen MR) is 133 cm³/mol. The van der Waals surface area contributed by atoms with Gasteiger partial charge in [0.2, 0.25) is 11.8 Å². The molecule has 0 aliphatic carbocycles. The van der Waals surface area contributed by atoms with Gasteiger partial charge in [0.25, 0.3) is 0 Å². The van der Waals surface area contributed by atoms with Gasteiger partial charge in [0.15, 0.2) is 0 Å². The van der Waals surface area contributed by atoms with E-state index in [0.29, 0.717) is 18.2 Å². The molecule has 190 valence electrons. The molecule has 1 heterocycles. The molecule has 33 heavy (non-hydrogen) atoms. The summed E-state index contributed by atoms with van der Waals surface area (Å²) < 4.78 is 5.10. The van der Waals surface area contributed by atoms with E-state index in [1.807, 2.05) is 27.7 Å². The molecule has 0 radical (unpaired) electrons. The Labute approximate surface area is 201 Å². The number of nitrogens with zero attached hydrogens (tertiary/aromatic N) is 2. The number of piperidine rings is 1. The summed E-state index contributed by atoms with van der Waals surface area (Å²) in [6.07, 6.45) is 5.73. The molecule has 7 heteroatoms. The van der Waals surface area contributed by atoms with Gasteiger partial charge in [-0.15, -0.1) is 0 Å². The van der Waals surface area contributed by atoms with E-state index in [4.69, 9.17) is 4.74 Å². The van der Waals surface area contributed by atoms with Crippen LogP contribution in [0.4, 0.5) is 0 Å². The first kappa shape index (κ1) is 29.1. The van der Waals surface area contributed by atoms with Crippen molar-refractivity contribution in [2.24, 2.45) is 11.8 Å². The third-order valence-corrected chi connectivity index (χ3v) is 6.73.